The van der Waals surface area contributed by atoms with Crippen LogP contribution in [0.3, 0.4) is 0 Å². The van der Waals surface area contributed by atoms with Crippen molar-refractivity contribution in [1.29, 1.82) is 0 Å². The Bertz CT molecular complexity index is 146. The molecule has 0 aliphatic rings. The smallest absolute Gasteiger partial charge is 0.220 e. The quantitative estimate of drug-likeness (QED) is 0.803. The standard InChI is InChI=1S/C6H11NO2.C3H9N.2C2H6/c1-3-6(9)7-4-5(2)8;1-2-3-4;2*1-2/h3-4H2,1-2H3,(H,7,9);2-4H2,1H3;2*1-2H3. The zero-order valence-electron chi connectivity index (χ0n) is 12.7. The summed E-state index contributed by atoms with van der Waals surface area (Å²) in [6, 6.07) is 0. The van der Waals surface area contributed by atoms with Gasteiger partial charge in [0.1, 0.15) is 5.78 Å². The monoisotopic (exact) mass is 248 g/mol. The van der Waals surface area contributed by atoms with Gasteiger partial charge in [-0.1, -0.05) is 41.5 Å². The predicted molar refractivity (Wildman–Crippen MR) is 76.0 cm³/mol. The highest BCUT2D eigenvalue weighted by Gasteiger charge is 1.96. The summed E-state index contributed by atoms with van der Waals surface area (Å²) < 4.78 is 0. The minimum atomic E-state index is -0.0785. The van der Waals surface area contributed by atoms with Crippen LogP contribution < -0.4 is 11.1 Å². The highest BCUT2D eigenvalue weighted by Crippen LogP contribution is 1.73. The number of hydrogen-bond donors (Lipinski definition) is 2. The van der Waals surface area contributed by atoms with E-state index in [1.165, 1.54) is 6.92 Å². The topological polar surface area (TPSA) is 72.2 Å². The van der Waals surface area contributed by atoms with Crippen LogP contribution in [-0.2, 0) is 9.59 Å². The van der Waals surface area contributed by atoms with E-state index in [0.29, 0.717) is 6.42 Å². The predicted octanol–water partition coefficient (Wildman–Crippen LogP) is 2.51. The van der Waals surface area contributed by atoms with Crippen LogP contribution in [0.25, 0.3) is 0 Å². The van der Waals surface area contributed by atoms with Crippen molar-refractivity contribution in [3.63, 3.8) is 0 Å². The molecule has 106 valence electrons. The highest BCUT2D eigenvalue weighted by molar-refractivity contribution is 5.84. The second-order valence-electron chi connectivity index (χ2n) is 2.62. The molecule has 0 aliphatic carbocycles. The highest BCUT2D eigenvalue weighted by atomic mass is 16.2. The van der Waals surface area contributed by atoms with Gasteiger partial charge in [-0.2, -0.15) is 0 Å². The van der Waals surface area contributed by atoms with Gasteiger partial charge in [0.2, 0.25) is 5.91 Å². The van der Waals surface area contributed by atoms with Crippen LogP contribution in [0.4, 0.5) is 0 Å². The summed E-state index contributed by atoms with van der Waals surface area (Å²) in [5, 5.41) is 2.44. The van der Waals surface area contributed by atoms with E-state index in [1.807, 2.05) is 27.7 Å². The number of Topliss-reactive ketones (excluding diaryl/α,β-unsaturated/α-hetero) is 1. The van der Waals surface area contributed by atoms with Crippen molar-refractivity contribution in [3.8, 4) is 0 Å². The molecule has 0 aromatic heterocycles. The number of carbonyl (C=O) groups is 2. The van der Waals surface area contributed by atoms with Gasteiger partial charge >= 0.3 is 0 Å². The summed E-state index contributed by atoms with van der Waals surface area (Å²) >= 11 is 0. The first-order valence-corrected chi connectivity index (χ1v) is 6.54. The van der Waals surface area contributed by atoms with E-state index in [4.69, 9.17) is 5.73 Å². The van der Waals surface area contributed by atoms with E-state index in [9.17, 15) is 9.59 Å². The van der Waals surface area contributed by atoms with Gasteiger partial charge in [0, 0.05) is 6.42 Å². The van der Waals surface area contributed by atoms with Crippen LogP contribution in [0, 0.1) is 0 Å². The van der Waals surface area contributed by atoms with Gasteiger partial charge in [-0.15, -0.1) is 0 Å². The Balaban J connectivity index is -0.0000000887. The first kappa shape index (κ1) is 25.1. The van der Waals surface area contributed by atoms with Gasteiger partial charge in [-0.05, 0) is 19.9 Å². The molecule has 3 N–H and O–H groups in total. The molecule has 0 saturated carbocycles. The maximum Gasteiger partial charge on any atom is 0.220 e. The maximum atomic E-state index is 10.5. The van der Waals surface area contributed by atoms with Crippen molar-refractivity contribution in [3.05, 3.63) is 0 Å². The molecule has 4 nitrogen and oxygen atoms in total. The number of hydrogen-bond acceptors (Lipinski definition) is 3. The summed E-state index contributed by atoms with van der Waals surface area (Å²) in [6.07, 6.45) is 1.54. The molecule has 0 radical (unpaired) electrons. The molecule has 0 aromatic carbocycles. The Labute approximate surface area is 107 Å². The van der Waals surface area contributed by atoms with E-state index < -0.39 is 0 Å². The molecule has 4 heteroatoms. The average molecular weight is 248 g/mol. The Hall–Kier alpha value is -0.900. The Morgan fingerprint density at radius 1 is 1.06 bits per heavy atom. The summed E-state index contributed by atoms with van der Waals surface area (Å²) in [7, 11) is 0. The third-order valence-corrected chi connectivity index (χ3v) is 1.14. The van der Waals surface area contributed by atoms with Crippen molar-refractivity contribution < 1.29 is 9.59 Å². The first-order chi connectivity index (χ1) is 8.08. The molecule has 0 aromatic rings. The Morgan fingerprint density at radius 2 is 1.41 bits per heavy atom. The van der Waals surface area contributed by atoms with Gasteiger partial charge < -0.3 is 11.1 Å². The SMILES string of the molecule is CC.CC.CCC(=O)NCC(C)=O.CCCN. The minimum absolute atomic E-state index is 0.0169. The molecule has 0 aliphatic heterocycles. The van der Waals surface area contributed by atoms with Gasteiger partial charge in [-0.3, -0.25) is 9.59 Å². The first-order valence-electron chi connectivity index (χ1n) is 6.54. The number of rotatable bonds is 4. The number of ketones is 1. The lowest BCUT2D eigenvalue weighted by Gasteiger charge is -1.96. The molecular weight excluding hydrogens is 216 g/mol. The second kappa shape index (κ2) is 29.4. The fourth-order valence-corrected chi connectivity index (χ4v) is 0.348. The molecule has 0 bridgehead atoms. The largest absolute Gasteiger partial charge is 0.349 e. The average Bonchev–Trinajstić information content (AvgIpc) is 2.40. The number of carbonyl (C=O) groups excluding carboxylic acids is 2. The molecule has 0 spiro atoms. The van der Waals surface area contributed by atoms with Crippen molar-refractivity contribution in [2.24, 2.45) is 5.73 Å². The molecule has 0 atom stereocenters. The van der Waals surface area contributed by atoms with Crippen molar-refractivity contribution in [2.45, 2.75) is 61.3 Å². The molecular formula is C13H32N2O2. The van der Waals surface area contributed by atoms with Crippen LogP contribution in [0.15, 0.2) is 0 Å². The zero-order valence-corrected chi connectivity index (χ0v) is 12.7. The van der Waals surface area contributed by atoms with Crippen molar-refractivity contribution >= 4 is 11.7 Å². The Kier molecular flexibility index (Phi) is 43.4. The third-order valence-electron chi connectivity index (χ3n) is 1.14. The zero-order chi connectivity index (χ0) is 14.7. The van der Waals surface area contributed by atoms with E-state index in [0.717, 1.165) is 13.0 Å². The molecule has 0 unspecified atom stereocenters. The second-order valence-corrected chi connectivity index (χ2v) is 2.62. The van der Waals surface area contributed by atoms with Crippen LogP contribution in [-0.4, -0.2) is 24.8 Å². The molecule has 0 rings (SSSR count). The van der Waals surface area contributed by atoms with Crippen molar-refractivity contribution in [2.75, 3.05) is 13.1 Å². The minimum Gasteiger partial charge on any atom is -0.349 e. The molecule has 17 heavy (non-hydrogen) atoms. The van der Waals surface area contributed by atoms with Crippen molar-refractivity contribution in [1.82, 2.24) is 5.32 Å². The fourth-order valence-electron chi connectivity index (χ4n) is 0.348. The van der Waals surface area contributed by atoms with E-state index in [2.05, 4.69) is 12.2 Å². The lowest BCUT2D eigenvalue weighted by Crippen LogP contribution is -2.27. The third kappa shape index (κ3) is 51.4. The molecule has 1 amide bonds. The molecule has 0 fully saturated rings. The summed E-state index contributed by atoms with van der Waals surface area (Å²) in [5.74, 6) is -0.0954. The van der Waals surface area contributed by atoms with E-state index >= 15 is 0 Å². The van der Waals surface area contributed by atoms with Crippen LogP contribution in [0.2, 0.25) is 0 Å². The Morgan fingerprint density at radius 3 is 1.59 bits per heavy atom. The van der Waals surface area contributed by atoms with Crippen LogP contribution >= 0.6 is 0 Å². The lowest BCUT2D eigenvalue weighted by atomic mass is 10.4. The molecule has 0 heterocycles. The van der Waals surface area contributed by atoms with Gasteiger partial charge in [0.15, 0.2) is 0 Å². The fraction of sp³-hybridized carbons (Fsp3) is 0.846. The summed E-state index contributed by atoms with van der Waals surface area (Å²) in [5.41, 5.74) is 5.03. The molecule has 0 saturated heterocycles. The van der Waals surface area contributed by atoms with Gasteiger partial charge in [-0.25, -0.2) is 0 Å². The summed E-state index contributed by atoms with van der Waals surface area (Å²) in [6.45, 7) is 14.2. The van der Waals surface area contributed by atoms with E-state index in [1.54, 1.807) is 6.92 Å². The van der Waals surface area contributed by atoms with Gasteiger partial charge in [0.25, 0.3) is 0 Å². The van der Waals surface area contributed by atoms with Gasteiger partial charge in [0.05, 0.1) is 6.54 Å². The van der Waals surface area contributed by atoms with E-state index in [-0.39, 0.29) is 18.2 Å². The normalized spacial score (nSPS) is 7.06. The summed E-state index contributed by atoms with van der Waals surface area (Å²) in [4.78, 5) is 20.7. The van der Waals surface area contributed by atoms with Crippen LogP contribution in [0.5, 0.6) is 0 Å². The number of amides is 1. The number of nitrogens with two attached hydrogens (primary N) is 1. The lowest BCUT2D eigenvalue weighted by molar-refractivity contribution is -0.124. The maximum absolute atomic E-state index is 10.5. The van der Waals surface area contributed by atoms with Crippen LogP contribution in [0.1, 0.15) is 61.3 Å². The number of nitrogens with one attached hydrogen (secondary N) is 1.